The van der Waals surface area contributed by atoms with E-state index in [1.165, 1.54) is 13.2 Å². The SMILES string of the molecule is COC(=O)c1c(N)c(C#N)cn1-c1ccc(OC)cc1C(=O)C(F)(F)F. The summed E-state index contributed by atoms with van der Waals surface area (Å²) in [5.41, 5.74) is 3.83. The van der Waals surface area contributed by atoms with Gasteiger partial charge in [-0.1, -0.05) is 0 Å². The Bertz CT molecular complexity index is 926. The minimum atomic E-state index is -5.16. The third kappa shape index (κ3) is 3.19. The fourth-order valence-electron chi connectivity index (χ4n) is 2.29. The maximum atomic E-state index is 13.0. The number of anilines is 1. The number of nitrogens with two attached hydrogens (primary N) is 1. The van der Waals surface area contributed by atoms with E-state index in [0.717, 1.165) is 30.0 Å². The molecule has 0 bridgehead atoms. The van der Waals surface area contributed by atoms with Gasteiger partial charge in [-0.25, -0.2) is 4.79 Å². The molecule has 2 N–H and O–H groups in total. The van der Waals surface area contributed by atoms with E-state index in [2.05, 4.69) is 4.74 Å². The summed E-state index contributed by atoms with van der Waals surface area (Å²) in [4.78, 5) is 23.8. The average molecular weight is 367 g/mol. The number of alkyl halides is 3. The van der Waals surface area contributed by atoms with Crippen molar-refractivity contribution in [2.24, 2.45) is 0 Å². The highest BCUT2D eigenvalue weighted by atomic mass is 19.4. The summed E-state index contributed by atoms with van der Waals surface area (Å²) in [6, 6.07) is 5.05. The van der Waals surface area contributed by atoms with Gasteiger partial charge >= 0.3 is 12.1 Å². The van der Waals surface area contributed by atoms with Crippen molar-refractivity contribution < 1.29 is 32.2 Å². The lowest BCUT2D eigenvalue weighted by Crippen LogP contribution is -2.25. The molecule has 2 rings (SSSR count). The molecule has 0 aliphatic rings. The quantitative estimate of drug-likeness (QED) is 0.657. The van der Waals surface area contributed by atoms with Crippen molar-refractivity contribution >= 4 is 17.4 Å². The number of hydrogen-bond donors (Lipinski definition) is 1. The number of Topliss-reactive ketones (excluding diaryl/α,β-unsaturated/α-hetero) is 1. The first-order valence-corrected chi connectivity index (χ1v) is 6.94. The van der Waals surface area contributed by atoms with Gasteiger partial charge in [-0.3, -0.25) is 4.79 Å². The van der Waals surface area contributed by atoms with Gasteiger partial charge in [0.25, 0.3) is 5.78 Å². The van der Waals surface area contributed by atoms with Crippen molar-refractivity contribution in [1.29, 1.82) is 5.26 Å². The van der Waals surface area contributed by atoms with Crippen molar-refractivity contribution in [3.8, 4) is 17.5 Å². The van der Waals surface area contributed by atoms with Gasteiger partial charge in [0.15, 0.2) is 5.69 Å². The second kappa shape index (κ2) is 6.79. The molecule has 2 aromatic rings. The fraction of sp³-hybridized carbons (Fsp3) is 0.188. The Labute approximate surface area is 145 Å². The molecule has 0 saturated heterocycles. The molecule has 1 heterocycles. The van der Waals surface area contributed by atoms with Gasteiger partial charge < -0.3 is 19.8 Å². The van der Waals surface area contributed by atoms with Crippen molar-refractivity contribution in [2.45, 2.75) is 6.18 Å². The number of nitrogens with zero attached hydrogens (tertiary/aromatic N) is 2. The topological polar surface area (TPSA) is 107 Å². The van der Waals surface area contributed by atoms with E-state index in [4.69, 9.17) is 15.7 Å². The first-order valence-electron chi connectivity index (χ1n) is 6.94. The van der Waals surface area contributed by atoms with E-state index < -0.39 is 23.5 Å². The summed E-state index contributed by atoms with van der Waals surface area (Å²) < 4.78 is 49.3. The smallest absolute Gasteiger partial charge is 0.454 e. The number of hydrogen-bond acceptors (Lipinski definition) is 6. The molecule has 0 unspecified atom stereocenters. The highest BCUT2D eigenvalue weighted by molar-refractivity contribution is 6.04. The number of benzene rings is 1. The highest BCUT2D eigenvalue weighted by Crippen LogP contribution is 2.32. The van der Waals surface area contributed by atoms with Crippen molar-refractivity contribution in [2.75, 3.05) is 20.0 Å². The van der Waals surface area contributed by atoms with E-state index >= 15 is 0 Å². The zero-order valence-corrected chi connectivity index (χ0v) is 13.5. The third-order valence-corrected chi connectivity index (χ3v) is 3.51. The Morgan fingerprint density at radius 3 is 2.42 bits per heavy atom. The minimum Gasteiger partial charge on any atom is -0.497 e. The molecule has 1 aromatic carbocycles. The maximum absolute atomic E-state index is 13.0. The molecule has 136 valence electrons. The minimum absolute atomic E-state index is 0.00148. The first-order chi connectivity index (χ1) is 12.1. The molecule has 0 aliphatic carbocycles. The van der Waals surface area contributed by atoms with Crippen LogP contribution in [0.15, 0.2) is 24.4 Å². The predicted molar refractivity (Wildman–Crippen MR) is 83.2 cm³/mol. The van der Waals surface area contributed by atoms with Gasteiger partial charge in [0, 0.05) is 6.20 Å². The first kappa shape index (κ1) is 18.9. The zero-order chi connectivity index (χ0) is 19.6. The number of carbonyl (C=O) groups excluding carboxylic acids is 2. The zero-order valence-electron chi connectivity index (χ0n) is 13.5. The van der Waals surface area contributed by atoms with E-state index in [0.29, 0.717) is 0 Å². The molecular formula is C16H12F3N3O4. The number of rotatable bonds is 4. The van der Waals surface area contributed by atoms with Crippen LogP contribution in [0.4, 0.5) is 18.9 Å². The monoisotopic (exact) mass is 367 g/mol. The number of ketones is 1. The Morgan fingerprint density at radius 2 is 1.92 bits per heavy atom. The number of nitriles is 1. The van der Waals surface area contributed by atoms with Crippen LogP contribution in [0.2, 0.25) is 0 Å². The number of ether oxygens (including phenoxy) is 2. The van der Waals surface area contributed by atoms with Crippen LogP contribution in [0.5, 0.6) is 5.75 Å². The maximum Gasteiger partial charge on any atom is 0.454 e. The van der Waals surface area contributed by atoms with Crippen LogP contribution in [0.25, 0.3) is 5.69 Å². The van der Waals surface area contributed by atoms with Gasteiger partial charge in [0.2, 0.25) is 0 Å². The summed E-state index contributed by atoms with van der Waals surface area (Å²) in [6.07, 6.45) is -4.11. The lowest BCUT2D eigenvalue weighted by molar-refractivity contribution is -0.0885. The van der Waals surface area contributed by atoms with Crippen LogP contribution in [0.3, 0.4) is 0 Å². The molecule has 0 amide bonds. The lowest BCUT2D eigenvalue weighted by Gasteiger charge is -2.15. The number of aromatic nitrogens is 1. The Hall–Kier alpha value is -3.48. The number of methoxy groups -OCH3 is 2. The average Bonchev–Trinajstić information content (AvgIpc) is 2.95. The fourth-order valence-corrected chi connectivity index (χ4v) is 2.29. The largest absolute Gasteiger partial charge is 0.497 e. The molecular weight excluding hydrogens is 355 g/mol. The number of carbonyl (C=O) groups is 2. The molecule has 0 aliphatic heterocycles. The highest BCUT2D eigenvalue weighted by Gasteiger charge is 2.41. The Kier molecular flexibility index (Phi) is 4.93. The Morgan fingerprint density at radius 1 is 1.27 bits per heavy atom. The van der Waals surface area contributed by atoms with Crippen molar-refractivity contribution in [3.63, 3.8) is 0 Å². The van der Waals surface area contributed by atoms with E-state index in [-0.39, 0.29) is 28.4 Å². The number of halogens is 3. The van der Waals surface area contributed by atoms with Crippen LogP contribution in [0, 0.1) is 11.3 Å². The van der Waals surface area contributed by atoms with Crippen LogP contribution in [-0.2, 0) is 4.74 Å². The third-order valence-electron chi connectivity index (χ3n) is 3.51. The summed E-state index contributed by atoms with van der Waals surface area (Å²) in [5.74, 6) is -3.13. The van der Waals surface area contributed by atoms with Crippen LogP contribution in [0.1, 0.15) is 26.4 Å². The van der Waals surface area contributed by atoms with E-state index in [1.807, 2.05) is 0 Å². The van der Waals surface area contributed by atoms with E-state index in [9.17, 15) is 22.8 Å². The summed E-state index contributed by atoms with van der Waals surface area (Å²) in [5, 5.41) is 9.09. The van der Waals surface area contributed by atoms with Gasteiger partial charge in [-0.05, 0) is 18.2 Å². The molecule has 0 spiro atoms. The lowest BCUT2D eigenvalue weighted by atomic mass is 10.1. The van der Waals surface area contributed by atoms with Gasteiger partial charge in [-0.15, -0.1) is 0 Å². The van der Waals surface area contributed by atoms with Crippen molar-refractivity contribution in [1.82, 2.24) is 4.57 Å². The molecule has 0 radical (unpaired) electrons. The summed E-state index contributed by atoms with van der Waals surface area (Å²) in [7, 11) is 2.26. The van der Waals surface area contributed by atoms with Gasteiger partial charge in [0.05, 0.1) is 36.7 Å². The second-order valence-electron chi connectivity index (χ2n) is 4.99. The van der Waals surface area contributed by atoms with Crippen LogP contribution < -0.4 is 10.5 Å². The number of nitrogen functional groups attached to an aromatic ring is 1. The normalized spacial score (nSPS) is 10.9. The molecule has 7 nitrogen and oxygen atoms in total. The standard InChI is InChI=1S/C16H12F3N3O4/c1-25-9-3-4-11(10(5-9)14(23)16(17,18)19)22-7-8(6-20)12(21)13(22)15(24)26-2/h3-5,7H,21H2,1-2H3. The molecule has 1 aromatic heterocycles. The van der Waals surface area contributed by atoms with Crippen LogP contribution >= 0.6 is 0 Å². The van der Waals surface area contributed by atoms with Crippen molar-refractivity contribution in [3.05, 3.63) is 41.2 Å². The molecule has 0 saturated carbocycles. The molecule has 0 fully saturated rings. The van der Waals surface area contributed by atoms with Gasteiger partial charge in [-0.2, -0.15) is 18.4 Å². The molecule has 0 atom stereocenters. The molecule has 26 heavy (non-hydrogen) atoms. The van der Waals surface area contributed by atoms with Gasteiger partial charge in [0.1, 0.15) is 11.8 Å². The van der Waals surface area contributed by atoms with Crippen LogP contribution in [-0.4, -0.2) is 36.7 Å². The molecule has 10 heteroatoms. The van der Waals surface area contributed by atoms with E-state index in [1.54, 1.807) is 6.07 Å². The summed E-state index contributed by atoms with van der Waals surface area (Å²) >= 11 is 0. The summed E-state index contributed by atoms with van der Waals surface area (Å²) in [6.45, 7) is 0. The second-order valence-corrected chi connectivity index (χ2v) is 4.99. The number of esters is 1. The Balaban J connectivity index is 2.83. The predicted octanol–water partition coefficient (Wildman–Crippen LogP) is 2.47.